The number of H-pyrrole nitrogens is 1. The fourth-order valence-corrected chi connectivity index (χ4v) is 2.35. The lowest BCUT2D eigenvalue weighted by molar-refractivity contribution is -0.384. The molecule has 2 aromatic heterocycles. The molecule has 1 aromatic carbocycles. The van der Waals surface area contributed by atoms with Gasteiger partial charge in [-0.1, -0.05) is 5.16 Å². The van der Waals surface area contributed by atoms with Crippen molar-refractivity contribution in [3.05, 3.63) is 50.6 Å². The van der Waals surface area contributed by atoms with E-state index in [0.717, 1.165) is 0 Å². The van der Waals surface area contributed by atoms with Crippen LogP contribution in [-0.2, 0) is 6.42 Å². The number of nitro groups is 1. The predicted molar refractivity (Wildman–Crippen MR) is 86.7 cm³/mol. The standard InChI is InChI=1S/C15H15N5O4/c1-8(16-2)5-13-18-15(24-19-13)11-7-14(21)17-12-4-3-9(20(22)23)6-10(11)12/h3-4,6-8,16H,5H2,1-2H3,(H,17,21). The summed E-state index contributed by atoms with van der Waals surface area (Å²) in [4.78, 5) is 29.3. The number of hydrogen-bond acceptors (Lipinski definition) is 7. The molecule has 24 heavy (non-hydrogen) atoms. The fourth-order valence-electron chi connectivity index (χ4n) is 2.35. The average Bonchev–Trinajstić information content (AvgIpc) is 3.01. The number of nitro benzene ring substituents is 1. The maximum atomic E-state index is 11.8. The summed E-state index contributed by atoms with van der Waals surface area (Å²) in [6, 6.07) is 5.65. The summed E-state index contributed by atoms with van der Waals surface area (Å²) in [5.74, 6) is 0.649. The van der Waals surface area contributed by atoms with Crippen molar-refractivity contribution in [3.63, 3.8) is 0 Å². The number of nitrogens with one attached hydrogen (secondary N) is 2. The average molecular weight is 329 g/mol. The van der Waals surface area contributed by atoms with Crippen molar-refractivity contribution in [2.75, 3.05) is 7.05 Å². The molecule has 1 atom stereocenters. The number of hydrogen-bond donors (Lipinski definition) is 2. The smallest absolute Gasteiger partial charge is 0.270 e. The zero-order valence-corrected chi connectivity index (χ0v) is 13.1. The van der Waals surface area contributed by atoms with Crippen molar-refractivity contribution < 1.29 is 9.45 Å². The van der Waals surface area contributed by atoms with Gasteiger partial charge in [-0.05, 0) is 20.0 Å². The molecule has 0 spiro atoms. The molecule has 9 nitrogen and oxygen atoms in total. The Morgan fingerprint density at radius 2 is 2.21 bits per heavy atom. The number of aromatic nitrogens is 3. The van der Waals surface area contributed by atoms with Gasteiger partial charge in [0.25, 0.3) is 11.6 Å². The molecule has 124 valence electrons. The van der Waals surface area contributed by atoms with Gasteiger partial charge >= 0.3 is 0 Å². The van der Waals surface area contributed by atoms with Crippen LogP contribution in [0.25, 0.3) is 22.4 Å². The maximum Gasteiger partial charge on any atom is 0.270 e. The molecule has 0 aliphatic heterocycles. The third-order valence-electron chi connectivity index (χ3n) is 3.72. The van der Waals surface area contributed by atoms with Gasteiger partial charge in [-0.2, -0.15) is 4.98 Å². The normalized spacial score (nSPS) is 12.4. The van der Waals surface area contributed by atoms with E-state index in [9.17, 15) is 14.9 Å². The molecule has 0 bridgehead atoms. The van der Waals surface area contributed by atoms with Gasteiger partial charge < -0.3 is 14.8 Å². The number of fused-ring (bicyclic) bond motifs is 1. The van der Waals surface area contributed by atoms with Crippen LogP contribution in [0.2, 0.25) is 0 Å². The van der Waals surface area contributed by atoms with E-state index in [2.05, 4.69) is 20.4 Å². The van der Waals surface area contributed by atoms with Crippen molar-refractivity contribution in [3.8, 4) is 11.5 Å². The summed E-state index contributed by atoms with van der Waals surface area (Å²) >= 11 is 0. The second-order valence-electron chi connectivity index (χ2n) is 5.44. The van der Waals surface area contributed by atoms with E-state index >= 15 is 0 Å². The zero-order valence-electron chi connectivity index (χ0n) is 13.1. The van der Waals surface area contributed by atoms with E-state index < -0.39 is 4.92 Å². The Morgan fingerprint density at radius 3 is 2.92 bits per heavy atom. The number of nitrogens with zero attached hydrogens (tertiary/aromatic N) is 3. The summed E-state index contributed by atoms with van der Waals surface area (Å²) in [6.45, 7) is 1.97. The molecule has 1 unspecified atom stereocenters. The first kappa shape index (κ1) is 15.8. The number of pyridine rings is 1. The monoisotopic (exact) mass is 329 g/mol. The van der Waals surface area contributed by atoms with Crippen LogP contribution in [0.15, 0.2) is 33.6 Å². The molecule has 0 radical (unpaired) electrons. The molecule has 0 aliphatic rings. The Bertz CT molecular complexity index is 962. The quantitative estimate of drug-likeness (QED) is 0.538. The maximum absolute atomic E-state index is 11.8. The molecular weight excluding hydrogens is 314 g/mol. The van der Waals surface area contributed by atoms with Crippen LogP contribution < -0.4 is 10.9 Å². The number of non-ortho nitro benzene ring substituents is 1. The van der Waals surface area contributed by atoms with Gasteiger partial charge in [0.15, 0.2) is 5.82 Å². The Balaban J connectivity index is 2.12. The lowest BCUT2D eigenvalue weighted by Gasteiger charge is -2.05. The minimum absolute atomic E-state index is 0.0839. The summed E-state index contributed by atoms with van der Waals surface area (Å²) in [5.41, 5.74) is 0.397. The molecule has 0 saturated carbocycles. The van der Waals surface area contributed by atoms with Crippen molar-refractivity contribution in [1.29, 1.82) is 0 Å². The third-order valence-corrected chi connectivity index (χ3v) is 3.72. The van der Waals surface area contributed by atoms with Crippen LogP contribution in [0.1, 0.15) is 12.7 Å². The summed E-state index contributed by atoms with van der Waals surface area (Å²) < 4.78 is 5.25. The van der Waals surface area contributed by atoms with E-state index in [0.29, 0.717) is 28.7 Å². The zero-order chi connectivity index (χ0) is 17.3. The second-order valence-corrected chi connectivity index (χ2v) is 5.44. The Hall–Kier alpha value is -3.07. The lowest BCUT2D eigenvalue weighted by atomic mass is 10.1. The molecule has 3 aromatic rings. The van der Waals surface area contributed by atoms with E-state index in [1.165, 1.54) is 24.3 Å². The topological polar surface area (TPSA) is 127 Å². The van der Waals surface area contributed by atoms with Crippen molar-refractivity contribution in [2.24, 2.45) is 0 Å². The van der Waals surface area contributed by atoms with Gasteiger partial charge in [0.05, 0.1) is 10.5 Å². The van der Waals surface area contributed by atoms with E-state index in [1.54, 1.807) is 0 Å². The van der Waals surface area contributed by atoms with Crippen LogP contribution in [0.5, 0.6) is 0 Å². The fraction of sp³-hybridized carbons (Fsp3) is 0.267. The third kappa shape index (κ3) is 3.01. The highest BCUT2D eigenvalue weighted by Gasteiger charge is 2.17. The van der Waals surface area contributed by atoms with Gasteiger partial charge in [-0.15, -0.1) is 0 Å². The van der Waals surface area contributed by atoms with Crippen LogP contribution in [0.4, 0.5) is 5.69 Å². The number of benzene rings is 1. The van der Waals surface area contributed by atoms with Gasteiger partial charge in [0.2, 0.25) is 5.56 Å². The first-order chi connectivity index (χ1) is 11.5. The van der Waals surface area contributed by atoms with E-state index in [-0.39, 0.29) is 23.2 Å². The van der Waals surface area contributed by atoms with Crippen molar-refractivity contribution in [1.82, 2.24) is 20.4 Å². The molecule has 0 amide bonds. The van der Waals surface area contributed by atoms with Gasteiger partial charge in [0.1, 0.15) is 0 Å². The molecule has 0 fully saturated rings. The molecule has 0 aliphatic carbocycles. The Labute approximate surface area is 135 Å². The van der Waals surface area contributed by atoms with Gasteiger partial charge in [-0.3, -0.25) is 14.9 Å². The first-order valence-corrected chi connectivity index (χ1v) is 7.29. The molecule has 2 N–H and O–H groups in total. The largest absolute Gasteiger partial charge is 0.334 e. The van der Waals surface area contributed by atoms with E-state index in [4.69, 9.17) is 4.52 Å². The highest BCUT2D eigenvalue weighted by atomic mass is 16.6. The molecular formula is C15H15N5O4. The highest BCUT2D eigenvalue weighted by Crippen LogP contribution is 2.28. The van der Waals surface area contributed by atoms with Crippen molar-refractivity contribution >= 4 is 16.6 Å². The van der Waals surface area contributed by atoms with Gasteiger partial charge in [-0.25, -0.2) is 0 Å². The van der Waals surface area contributed by atoms with Crippen LogP contribution in [0, 0.1) is 10.1 Å². The number of likely N-dealkylation sites (N-methyl/N-ethyl adjacent to an activating group) is 1. The molecule has 9 heteroatoms. The summed E-state index contributed by atoms with van der Waals surface area (Å²) in [5, 5.41) is 18.4. The van der Waals surface area contributed by atoms with E-state index in [1.807, 2.05) is 14.0 Å². The second kappa shape index (κ2) is 6.20. The number of aromatic amines is 1. The molecule has 0 saturated heterocycles. The molecule has 3 rings (SSSR count). The first-order valence-electron chi connectivity index (χ1n) is 7.29. The van der Waals surface area contributed by atoms with Gasteiger partial charge in [0, 0.05) is 41.6 Å². The number of rotatable bonds is 5. The minimum Gasteiger partial charge on any atom is -0.334 e. The molecule has 2 heterocycles. The summed E-state index contributed by atoms with van der Waals surface area (Å²) in [7, 11) is 1.83. The Morgan fingerprint density at radius 1 is 1.42 bits per heavy atom. The summed E-state index contributed by atoms with van der Waals surface area (Å²) in [6.07, 6.45) is 0.557. The van der Waals surface area contributed by atoms with Crippen LogP contribution >= 0.6 is 0 Å². The van der Waals surface area contributed by atoms with Crippen LogP contribution in [-0.4, -0.2) is 33.1 Å². The predicted octanol–water partition coefficient (Wildman–Crippen LogP) is 1.64. The lowest BCUT2D eigenvalue weighted by Crippen LogP contribution is -2.24. The SMILES string of the molecule is CNC(C)Cc1noc(-c2cc(=O)[nH]c3ccc([N+](=O)[O-])cc23)n1. The van der Waals surface area contributed by atoms with Crippen LogP contribution in [0.3, 0.4) is 0 Å². The Kier molecular flexibility index (Phi) is 4.09. The highest BCUT2D eigenvalue weighted by molar-refractivity contribution is 5.93. The minimum atomic E-state index is -0.498. The van der Waals surface area contributed by atoms with Crippen molar-refractivity contribution in [2.45, 2.75) is 19.4 Å².